The second kappa shape index (κ2) is 10.4. The number of hydrogen-bond acceptors (Lipinski definition) is 5. The van der Waals surface area contributed by atoms with Crippen molar-refractivity contribution < 1.29 is 14.3 Å². The van der Waals surface area contributed by atoms with E-state index in [-0.39, 0.29) is 11.8 Å². The van der Waals surface area contributed by atoms with Crippen LogP contribution in [0.3, 0.4) is 0 Å². The molecule has 0 spiro atoms. The summed E-state index contributed by atoms with van der Waals surface area (Å²) in [5.41, 5.74) is 4.79. The predicted molar refractivity (Wildman–Crippen MR) is 117 cm³/mol. The lowest BCUT2D eigenvalue weighted by atomic mass is 9.96. The summed E-state index contributed by atoms with van der Waals surface area (Å²) < 4.78 is 11.6. The van der Waals surface area contributed by atoms with Crippen LogP contribution in [0.1, 0.15) is 24.0 Å². The average molecular weight is 460 g/mol. The van der Waals surface area contributed by atoms with E-state index >= 15 is 0 Å². The first-order chi connectivity index (χ1) is 14.1. The van der Waals surface area contributed by atoms with E-state index in [0.717, 1.165) is 42.5 Å². The van der Waals surface area contributed by atoms with Crippen LogP contribution >= 0.6 is 15.9 Å². The summed E-state index contributed by atoms with van der Waals surface area (Å²) in [6, 6.07) is 13.9. The lowest BCUT2D eigenvalue weighted by Crippen LogP contribution is -2.39. The molecule has 6 nitrogen and oxygen atoms in total. The fraction of sp³-hybridized carbons (Fsp3) is 0.364. The maximum atomic E-state index is 12.4. The topological polar surface area (TPSA) is 63.2 Å². The molecule has 2 aromatic rings. The highest BCUT2D eigenvalue weighted by atomic mass is 79.9. The minimum absolute atomic E-state index is 0.00118. The van der Waals surface area contributed by atoms with E-state index in [4.69, 9.17) is 9.47 Å². The van der Waals surface area contributed by atoms with Gasteiger partial charge in [0.1, 0.15) is 0 Å². The number of rotatable bonds is 7. The summed E-state index contributed by atoms with van der Waals surface area (Å²) in [6.07, 6.45) is 3.30. The molecule has 1 amide bonds. The third-order valence-corrected chi connectivity index (χ3v) is 5.60. The Morgan fingerprint density at radius 1 is 1.14 bits per heavy atom. The smallest absolute Gasteiger partial charge is 0.243 e. The van der Waals surface area contributed by atoms with E-state index in [9.17, 15) is 4.79 Å². The van der Waals surface area contributed by atoms with Crippen LogP contribution in [-0.4, -0.2) is 44.3 Å². The van der Waals surface area contributed by atoms with Crippen molar-refractivity contribution >= 4 is 28.1 Å². The first kappa shape index (κ1) is 21.3. The SMILES string of the molecule is COc1ccc(/C=N/NC(=O)C2CCN(Cc3ccc(Br)cc3)CC2)cc1OC. The van der Waals surface area contributed by atoms with E-state index in [1.807, 2.05) is 18.2 Å². The summed E-state index contributed by atoms with van der Waals surface area (Å²) >= 11 is 3.46. The number of halogens is 1. The van der Waals surface area contributed by atoms with Gasteiger partial charge in [-0.2, -0.15) is 5.10 Å². The molecule has 29 heavy (non-hydrogen) atoms. The standard InChI is InChI=1S/C22H26BrN3O3/c1-28-20-8-5-17(13-21(20)29-2)14-24-25-22(27)18-9-11-26(12-10-18)15-16-3-6-19(23)7-4-16/h3-8,13-14,18H,9-12,15H2,1-2H3,(H,25,27)/b24-14+. The molecule has 1 fully saturated rings. The third kappa shape index (κ3) is 6.05. The van der Waals surface area contributed by atoms with Gasteiger partial charge in [0.2, 0.25) is 5.91 Å². The van der Waals surface area contributed by atoms with E-state index in [2.05, 4.69) is 55.6 Å². The Hall–Kier alpha value is -2.38. The van der Waals surface area contributed by atoms with Crippen LogP contribution < -0.4 is 14.9 Å². The second-order valence-corrected chi connectivity index (χ2v) is 7.94. The van der Waals surface area contributed by atoms with Gasteiger partial charge >= 0.3 is 0 Å². The molecule has 0 saturated carbocycles. The molecular formula is C22H26BrN3O3. The van der Waals surface area contributed by atoms with Crippen molar-refractivity contribution in [2.24, 2.45) is 11.0 Å². The first-order valence-corrected chi connectivity index (χ1v) is 10.4. The molecule has 0 atom stereocenters. The molecule has 0 unspecified atom stereocenters. The molecule has 154 valence electrons. The van der Waals surface area contributed by atoms with Gasteiger partial charge in [-0.3, -0.25) is 9.69 Å². The number of piperidine rings is 1. The molecule has 1 saturated heterocycles. The van der Waals surface area contributed by atoms with Gasteiger partial charge in [0.25, 0.3) is 0 Å². The zero-order chi connectivity index (χ0) is 20.6. The van der Waals surface area contributed by atoms with Crippen LogP contribution in [0.4, 0.5) is 0 Å². The molecule has 0 aliphatic carbocycles. The average Bonchev–Trinajstić information content (AvgIpc) is 2.75. The zero-order valence-corrected chi connectivity index (χ0v) is 18.3. The highest BCUT2D eigenvalue weighted by Gasteiger charge is 2.24. The van der Waals surface area contributed by atoms with Crippen LogP contribution in [0.25, 0.3) is 0 Å². The Kier molecular flexibility index (Phi) is 7.66. The van der Waals surface area contributed by atoms with Gasteiger partial charge in [0.05, 0.1) is 20.4 Å². The molecule has 0 aromatic heterocycles. The number of likely N-dealkylation sites (tertiary alicyclic amines) is 1. The summed E-state index contributed by atoms with van der Waals surface area (Å²) in [6.45, 7) is 2.74. The molecule has 2 aromatic carbocycles. The van der Waals surface area contributed by atoms with E-state index in [1.165, 1.54) is 5.56 Å². The lowest BCUT2D eigenvalue weighted by Gasteiger charge is -2.30. The number of ether oxygens (including phenoxy) is 2. The van der Waals surface area contributed by atoms with Gasteiger partial charge in [-0.1, -0.05) is 28.1 Å². The number of hydrogen-bond donors (Lipinski definition) is 1. The highest BCUT2D eigenvalue weighted by Crippen LogP contribution is 2.27. The van der Waals surface area contributed by atoms with Gasteiger partial charge in [-0.05, 0) is 67.4 Å². The monoisotopic (exact) mass is 459 g/mol. The number of nitrogens with one attached hydrogen (secondary N) is 1. The fourth-order valence-electron chi connectivity index (χ4n) is 3.40. The van der Waals surface area contributed by atoms with E-state index in [1.54, 1.807) is 20.4 Å². The van der Waals surface area contributed by atoms with Crippen molar-refractivity contribution in [2.75, 3.05) is 27.3 Å². The van der Waals surface area contributed by atoms with Crippen molar-refractivity contribution in [1.82, 2.24) is 10.3 Å². The van der Waals surface area contributed by atoms with Gasteiger partial charge in [0.15, 0.2) is 11.5 Å². The molecule has 1 heterocycles. The van der Waals surface area contributed by atoms with Gasteiger partial charge in [-0.15, -0.1) is 0 Å². The molecule has 7 heteroatoms. The first-order valence-electron chi connectivity index (χ1n) is 9.61. The summed E-state index contributed by atoms with van der Waals surface area (Å²) in [7, 11) is 3.18. The van der Waals surface area contributed by atoms with E-state index < -0.39 is 0 Å². The molecule has 0 bridgehead atoms. The Balaban J connectivity index is 1.46. The number of nitrogens with zero attached hydrogens (tertiary/aromatic N) is 2. The molecule has 1 N–H and O–H groups in total. The van der Waals surface area contributed by atoms with Crippen molar-refractivity contribution in [2.45, 2.75) is 19.4 Å². The maximum Gasteiger partial charge on any atom is 0.243 e. The van der Waals surface area contributed by atoms with Crippen molar-refractivity contribution in [3.63, 3.8) is 0 Å². The maximum absolute atomic E-state index is 12.4. The Labute approximate surface area is 180 Å². The lowest BCUT2D eigenvalue weighted by molar-refractivity contribution is -0.126. The van der Waals surface area contributed by atoms with E-state index in [0.29, 0.717) is 11.5 Å². The summed E-state index contributed by atoms with van der Waals surface area (Å²) in [5.74, 6) is 1.26. The quantitative estimate of drug-likeness (QED) is 0.504. The van der Waals surface area contributed by atoms with Crippen LogP contribution in [0.5, 0.6) is 11.5 Å². The Morgan fingerprint density at radius 2 is 1.83 bits per heavy atom. The molecule has 0 radical (unpaired) electrons. The number of hydrazone groups is 1. The molecular weight excluding hydrogens is 434 g/mol. The Bertz CT molecular complexity index is 847. The van der Waals surface area contributed by atoms with Crippen molar-refractivity contribution in [3.05, 3.63) is 58.1 Å². The summed E-state index contributed by atoms with van der Waals surface area (Å²) in [5, 5.41) is 4.10. The van der Waals surface area contributed by atoms with Crippen LogP contribution in [0.15, 0.2) is 52.0 Å². The number of amides is 1. The molecule has 1 aliphatic heterocycles. The molecule has 1 aliphatic rings. The second-order valence-electron chi connectivity index (χ2n) is 7.03. The largest absolute Gasteiger partial charge is 0.493 e. The van der Waals surface area contributed by atoms with Gasteiger partial charge < -0.3 is 9.47 Å². The van der Waals surface area contributed by atoms with Crippen molar-refractivity contribution in [1.29, 1.82) is 0 Å². The molecule has 3 rings (SSSR count). The van der Waals surface area contributed by atoms with Crippen molar-refractivity contribution in [3.8, 4) is 11.5 Å². The van der Waals surface area contributed by atoms with Gasteiger partial charge in [-0.25, -0.2) is 5.43 Å². The minimum Gasteiger partial charge on any atom is -0.493 e. The number of methoxy groups -OCH3 is 2. The number of carbonyl (C=O) groups excluding carboxylic acids is 1. The normalized spacial score (nSPS) is 15.4. The fourth-order valence-corrected chi connectivity index (χ4v) is 3.66. The Morgan fingerprint density at radius 3 is 2.48 bits per heavy atom. The van der Waals surface area contributed by atoms with Crippen LogP contribution in [0.2, 0.25) is 0 Å². The zero-order valence-electron chi connectivity index (χ0n) is 16.7. The predicted octanol–water partition coefficient (Wildman–Crippen LogP) is 3.83. The number of benzene rings is 2. The van der Waals surface area contributed by atoms with Crippen LogP contribution in [0, 0.1) is 5.92 Å². The minimum atomic E-state index is -0.0231. The van der Waals surface area contributed by atoms with Crippen LogP contribution in [-0.2, 0) is 11.3 Å². The highest BCUT2D eigenvalue weighted by molar-refractivity contribution is 9.10. The summed E-state index contributed by atoms with van der Waals surface area (Å²) in [4.78, 5) is 14.8. The third-order valence-electron chi connectivity index (χ3n) is 5.07. The number of carbonyl (C=O) groups is 1. The van der Waals surface area contributed by atoms with Gasteiger partial charge in [0, 0.05) is 16.9 Å².